The van der Waals surface area contributed by atoms with Crippen molar-refractivity contribution in [2.75, 3.05) is 32.0 Å². The lowest BCUT2D eigenvalue weighted by Crippen LogP contribution is -2.37. The van der Waals surface area contributed by atoms with Crippen LogP contribution >= 0.6 is 0 Å². The van der Waals surface area contributed by atoms with Gasteiger partial charge in [0.25, 0.3) is 0 Å². The molecule has 2 N–H and O–H groups in total. The van der Waals surface area contributed by atoms with Gasteiger partial charge in [0.15, 0.2) is 0 Å². The van der Waals surface area contributed by atoms with Crippen molar-refractivity contribution in [2.24, 2.45) is 0 Å². The van der Waals surface area contributed by atoms with Crippen LogP contribution < -0.4 is 10.5 Å². The normalized spacial score (nSPS) is 11.8. The number of alkyl halides is 3. The molecule has 0 radical (unpaired) electrons. The largest absolute Gasteiger partial charge is 0.492 e. The molecule has 0 bridgehead atoms. The minimum atomic E-state index is -4.17. The fourth-order valence-electron chi connectivity index (χ4n) is 1.70. The molecule has 1 aromatic carbocycles. The van der Waals surface area contributed by atoms with E-state index in [9.17, 15) is 13.2 Å². The summed E-state index contributed by atoms with van der Waals surface area (Å²) in [6, 6.07) is 6.77. The van der Waals surface area contributed by atoms with E-state index in [1.807, 2.05) is 6.92 Å². The monoisotopic (exact) mass is 276 g/mol. The third-order valence-electron chi connectivity index (χ3n) is 2.50. The molecule has 6 heteroatoms. The zero-order valence-electron chi connectivity index (χ0n) is 10.9. The minimum absolute atomic E-state index is 0.222. The number of hydrogen-bond acceptors (Lipinski definition) is 3. The van der Waals surface area contributed by atoms with Crippen LogP contribution in [0.5, 0.6) is 5.75 Å². The fraction of sp³-hybridized carbons (Fsp3) is 0.538. The molecule has 0 aliphatic rings. The van der Waals surface area contributed by atoms with Gasteiger partial charge in [-0.05, 0) is 37.2 Å². The summed E-state index contributed by atoms with van der Waals surface area (Å²) in [7, 11) is 0. The number of anilines is 1. The Balaban J connectivity index is 2.37. The molecular weight excluding hydrogens is 257 g/mol. The van der Waals surface area contributed by atoms with Crippen molar-refractivity contribution in [3.8, 4) is 5.75 Å². The van der Waals surface area contributed by atoms with Crippen LogP contribution in [0.1, 0.15) is 13.3 Å². The molecule has 0 saturated heterocycles. The van der Waals surface area contributed by atoms with Crippen LogP contribution in [0.2, 0.25) is 0 Å². The second-order valence-electron chi connectivity index (χ2n) is 4.31. The Hall–Kier alpha value is -1.43. The molecule has 0 aromatic heterocycles. The summed E-state index contributed by atoms with van der Waals surface area (Å²) < 4.78 is 42.4. The van der Waals surface area contributed by atoms with Gasteiger partial charge in [0, 0.05) is 12.2 Å². The van der Waals surface area contributed by atoms with Crippen molar-refractivity contribution >= 4 is 5.69 Å². The smallest absolute Gasteiger partial charge is 0.401 e. The molecule has 0 spiro atoms. The SMILES string of the molecule is CCCN(CCOc1ccc(N)cc1)CC(F)(F)F. The summed E-state index contributed by atoms with van der Waals surface area (Å²) in [6.07, 6.45) is -3.49. The Labute approximate surface area is 111 Å². The van der Waals surface area contributed by atoms with Crippen molar-refractivity contribution in [1.82, 2.24) is 4.90 Å². The maximum Gasteiger partial charge on any atom is 0.401 e. The van der Waals surface area contributed by atoms with Gasteiger partial charge >= 0.3 is 6.18 Å². The van der Waals surface area contributed by atoms with Gasteiger partial charge in [-0.2, -0.15) is 13.2 Å². The number of ether oxygens (including phenoxy) is 1. The number of halogens is 3. The first-order valence-corrected chi connectivity index (χ1v) is 6.18. The van der Waals surface area contributed by atoms with E-state index >= 15 is 0 Å². The summed E-state index contributed by atoms with van der Waals surface area (Å²) >= 11 is 0. The number of benzene rings is 1. The number of nitrogens with two attached hydrogens (primary N) is 1. The first-order valence-electron chi connectivity index (χ1n) is 6.18. The van der Waals surface area contributed by atoms with Gasteiger partial charge in [0.2, 0.25) is 0 Å². The molecule has 3 nitrogen and oxygen atoms in total. The average Bonchev–Trinajstić information content (AvgIpc) is 2.30. The topological polar surface area (TPSA) is 38.5 Å². The van der Waals surface area contributed by atoms with Gasteiger partial charge in [0.05, 0.1) is 6.54 Å². The number of hydrogen-bond donors (Lipinski definition) is 1. The van der Waals surface area contributed by atoms with E-state index in [1.165, 1.54) is 4.90 Å². The van der Waals surface area contributed by atoms with E-state index in [-0.39, 0.29) is 13.2 Å². The molecule has 108 valence electrons. The lowest BCUT2D eigenvalue weighted by Gasteiger charge is -2.22. The van der Waals surface area contributed by atoms with Gasteiger partial charge in [-0.1, -0.05) is 6.92 Å². The average molecular weight is 276 g/mol. The zero-order valence-corrected chi connectivity index (χ0v) is 10.9. The second kappa shape index (κ2) is 7.23. The van der Waals surface area contributed by atoms with Gasteiger partial charge in [-0.3, -0.25) is 4.90 Å². The molecule has 0 amide bonds. The second-order valence-corrected chi connectivity index (χ2v) is 4.31. The summed E-state index contributed by atoms with van der Waals surface area (Å²) in [4.78, 5) is 1.34. The van der Waals surface area contributed by atoms with Crippen LogP contribution in [0.4, 0.5) is 18.9 Å². The van der Waals surface area contributed by atoms with Crippen molar-refractivity contribution in [1.29, 1.82) is 0 Å². The van der Waals surface area contributed by atoms with Gasteiger partial charge in [0.1, 0.15) is 12.4 Å². The van der Waals surface area contributed by atoms with Crippen LogP contribution in [0.3, 0.4) is 0 Å². The van der Waals surface area contributed by atoms with Crippen LogP contribution in [0.25, 0.3) is 0 Å². The summed E-state index contributed by atoms with van der Waals surface area (Å²) in [5.41, 5.74) is 6.15. The number of rotatable bonds is 7. The van der Waals surface area contributed by atoms with Crippen LogP contribution in [0, 0.1) is 0 Å². The highest BCUT2D eigenvalue weighted by molar-refractivity contribution is 5.41. The van der Waals surface area contributed by atoms with Crippen LogP contribution in [-0.2, 0) is 0 Å². The molecule has 1 aromatic rings. The highest BCUT2D eigenvalue weighted by Crippen LogP contribution is 2.17. The van der Waals surface area contributed by atoms with E-state index < -0.39 is 12.7 Å². The van der Waals surface area contributed by atoms with Crippen molar-refractivity contribution in [2.45, 2.75) is 19.5 Å². The minimum Gasteiger partial charge on any atom is -0.492 e. The Morgan fingerprint density at radius 1 is 1.16 bits per heavy atom. The van der Waals surface area contributed by atoms with Gasteiger partial charge in [-0.25, -0.2) is 0 Å². The molecule has 0 aliphatic carbocycles. The summed E-state index contributed by atoms with van der Waals surface area (Å²) in [5, 5.41) is 0. The molecule has 0 atom stereocenters. The Kier molecular flexibility index (Phi) is 5.95. The maximum absolute atomic E-state index is 12.3. The Bertz CT molecular complexity index is 365. The van der Waals surface area contributed by atoms with Crippen molar-refractivity contribution in [3.63, 3.8) is 0 Å². The third-order valence-corrected chi connectivity index (χ3v) is 2.50. The van der Waals surface area contributed by atoms with E-state index in [1.54, 1.807) is 24.3 Å². The predicted octanol–water partition coefficient (Wildman–Crippen LogP) is 2.92. The highest BCUT2D eigenvalue weighted by atomic mass is 19.4. The zero-order chi connectivity index (χ0) is 14.3. The number of nitrogen functional groups attached to an aromatic ring is 1. The quantitative estimate of drug-likeness (QED) is 0.778. The predicted molar refractivity (Wildman–Crippen MR) is 69.1 cm³/mol. The molecule has 19 heavy (non-hydrogen) atoms. The molecule has 1 rings (SSSR count). The fourth-order valence-corrected chi connectivity index (χ4v) is 1.70. The van der Waals surface area contributed by atoms with Gasteiger partial charge in [-0.15, -0.1) is 0 Å². The van der Waals surface area contributed by atoms with Crippen molar-refractivity contribution in [3.05, 3.63) is 24.3 Å². The molecule has 0 unspecified atom stereocenters. The van der Waals surface area contributed by atoms with Crippen LogP contribution in [0.15, 0.2) is 24.3 Å². The first kappa shape index (κ1) is 15.6. The van der Waals surface area contributed by atoms with E-state index in [0.717, 1.165) is 0 Å². The van der Waals surface area contributed by atoms with Crippen molar-refractivity contribution < 1.29 is 17.9 Å². The molecule has 0 heterocycles. The lowest BCUT2D eigenvalue weighted by atomic mass is 10.3. The van der Waals surface area contributed by atoms with E-state index in [0.29, 0.717) is 24.4 Å². The molecule has 0 aliphatic heterocycles. The summed E-state index contributed by atoms with van der Waals surface area (Å²) in [5.74, 6) is 0.609. The molecule has 0 fully saturated rings. The Morgan fingerprint density at radius 3 is 2.32 bits per heavy atom. The molecule has 0 saturated carbocycles. The third kappa shape index (κ3) is 6.91. The van der Waals surface area contributed by atoms with Crippen LogP contribution in [-0.4, -0.2) is 37.3 Å². The lowest BCUT2D eigenvalue weighted by molar-refractivity contribution is -0.146. The maximum atomic E-state index is 12.3. The Morgan fingerprint density at radius 2 is 1.79 bits per heavy atom. The summed E-state index contributed by atoms with van der Waals surface area (Å²) in [6.45, 7) is 1.83. The van der Waals surface area contributed by atoms with Gasteiger partial charge < -0.3 is 10.5 Å². The highest BCUT2D eigenvalue weighted by Gasteiger charge is 2.30. The number of nitrogens with zero attached hydrogens (tertiary/aromatic N) is 1. The van der Waals surface area contributed by atoms with E-state index in [2.05, 4.69) is 0 Å². The molecular formula is C13H19F3N2O. The standard InChI is InChI=1S/C13H19F3N2O/c1-2-7-18(10-13(14,15)16)8-9-19-12-5-3-11(17)4-6-12/h3-6H,2,7-10,17H2,1H3. The first-order chi connectivity index (χ1) is 8.90. The van der Waals surface area contributed by atoms with E-state index in [4.69, 9.17) is 10.5 Å².